The molecule has 0 aromatic heterocycles. The maximum absolute atomic E-state index is 4.07. The van der Waals surface area contributed by atoms with E-state index in [9.17, 15) is 0 Å². The maximum atomic E-state index is 4.07. The molecule has 0 nitrogen and oxygen atoms in total. The summed E-state index contributed by atoms with van der Waals surface area (Å²) in [6.07, 6.45) is 10.6. The molecule has 0 fully saturated rings. The molecule has 1 atom stereocenters. The third kappa shape index (κ3) is 2.26. The molecule has 0 spiro atoms. The molecule has 18 heavy (non-hydrogen) atoms. The van der Waals surface area contributed by atoms with Gasteiger partial charge in [-0.2, -0.15) is 0 Å². The molecular weight excluding hydrogens is 331 g/mol. The van der Waals surface area contributed by atoms with Crippen molar-refractivity contribution in [3.8, 4) is 0 Å². The molecule has 0 bridgehead atoms. The summed E-state index contributed by atoms with van der Waals surface area (Å²) in [6, 6.07) is 0. The summed E-state index contributed by atoms with van der Waals surface area (Å²) in [5.74, 6) is 0.652. The highest BCUT2D eigenvalue weighted by Crippen LogP contribution is 2.54. The Kier molecular flexibility index (Phi) is 4.20. The lowest BCUT2D eigenvalue weighted by Gasteiger charge is -2.28. The normalized spacial score (nSPS) is 25.7. The SMILES string of the molecule is C=CC1=C(CCCI)C2CC=C(C)C=C2C1(C)C. The summed E-state index contributed by atoms with van der Waals surface area (Å²) in [7, 11) is 0. The predicted molar refractivity (Wildman–Crippen MR) is 89.1 cm³/mol. The minimum Gasteiger partial charge on any atom is -0.0988 e. The van der Waals surface area contributed by atoms with Crippen molar-refractivity contribution in [2.45, 2.75) is 40.0 Å². The molecule has 0 aliphatic heterocycles. The van der Waals surface area contributed by atoms with Crippen LogP contribution in [0.25, 0.3) is 0 Å². The van der Waals surface area contributed by atoms with Gasteiger partial charge in [0.25, 0.3) is 0 Å². The van der Waals surface area contributed by atoms with Crippen LogP contribution in [0.3, 0.4) is 0 Å². The molecule has 1 unspecified atom stereocenters. The first-order valence-corrected chi connectivity index (χ1v) is 8.35. The van der Waals surface area contributed by atoms with E-state index in [0.717, 1.165) is 0 Å². The Balaban J connectivity index is 2.43. The topological polar surface area (TPSA) is 0 Å². The van der Waals surface area contributed by atoms with E-state index in [1.807, 2.05) is 0 Å². The van der Waals surface area contributed by atoms with Crippen LogP contribution >= 0.6 is 22.6 Å². The lowest BCUT2D eigenvalue weighted by atomic mass is 9.76. The quantitative estimate of drug-likeness (QED) is 0.454. The first kappa shape index (κ1) is 14.1. The standard InChI is InChI=1S/C17H23I/c1-5-15-13(7-6-10-18)14-9-8-12(2)11-16(14)17(15,3)4/h5,8,11,14H,1,6-7,9-10H2,2-4H3. The van der Waals surface area contributed by atoms with E-state index < -0.39 is 0 Å². The van der Waals surface area contributed by atoms with Crippen LogP contribution < -0.4 is 0 Å². The minimum absolute atomic E-state index is 0.183. The number of hydrogen-bond donors (Lipinski definition) is 0. The van der Waals surface area contributed by atoms with Gasteiger partial charge in [0.1, 0.15) is 0 Å². The smallest absolute Gasteiger partial charge is 0.0114 e. The maximum Gasteiger partial charge on any atom is 0.0114 e. The van der Waals surface area contributed by atoms with Crippen molar-refractivity contribution in [2.75, 3.05) is 4.43 Å². The second-order valence-corrected chi connectivity index (χ2v) is 6.98. The number of hydrogen-bond acceptors (Lipinski definition) is 0. The zero-order chi connectivity index (χ0) is 13.3. The average Bonchev–Trinajstić information content (AvgIpc) is 2.54. The second-order valence-electron chi connectivity index (χ2n) is 5.90. The van der Waals surface area contributed by atoms with Gasteiger partial charge in [0.2, 0.25) is 0 Å². The Hall–Kier alpha value is -0.310. The van der Waals surface area contributed by atoms with Gasteiger partial charge in [-0.25, -0.2) is 0 Å². The predicted octanol–water partition coefficient (Wildman–Crippen LogP) is 5.62. The number of halogens is 1. The molecule has 2 rings (SSSR count). The van der Waals surface area contributed by atoms with Crippen molar-refractivity contribution in [1.82, 2.24) is 0 Å². The molecule has 0 aromatic carbocycles. The van der Waals surface area contributed by atoms with Gasteiger partial charge >= 0.3 is 0 Å². The molecule has 0 heterocycles. The van der Waals surface area contributed by atoms with Crippen molar-refractivity contribution in [2.24, 2.45) is 11.3 Å². The molecule has 0 N–H and O–H groups in total. The van der Waals surface area contributed by atoms with Gasteiger partial charge in [0.05, 0.1) is 0 Å². The van der Waals surface area contributed by atoms with Gasteiger partial charge in [-0.15, -0.1) is 0 Å². The van der Waals surface area contributed by atoms with Crippen molar-refractivity contribution in [3.63, 3.8) is 0 Å². The molecule has 0 aromatic rings. The monoisotopic (exact) mass is 354 g/mol. The third-order valence-corrected chi connectivity index (χ3v) is 5.14. The Morgan fingerprint density at radius 1 is 1.50 bits per heavy atom. The van der Waals surface area contributed by atoms with Crippen LogP contribution in [0.2, 0.25) is 0 Å². The molecule has 0 amide bonds. The fourth-order valence-corrected chi connectivity index (χ4v) is 3.86. The molecule has 0 radical (unpaired) electrons. The van der Waals surface area contributed by atoms with Gasteiger partial charge in [0, 0.05) is 11.3 Å². The Morgan fingerprint density at radius 3 is 2.83 bits per heavy atom. The van der Waals surface area contributed by atoms with Crippen LogP contribution in [0.1, 0.15) is 40.0 Å². The van der Waals surface area contributed by atoms with Crippen LogP contribution in [0.5, 0.6) is 0 Å². The van der Waals surface area contributed by atoms with Gasteiger partial charge in [-0.05, 0) is 36.2 Å². The van der Waals surface area contributed by atoms with E-state index in [4.69, 9.17) is 0 Å². The van der Waals surface area contributed by atoms with E-state index >= 15 is 0 Å². The molecule has 0 saturated heterocycles. The largest absolute Gasteiger partial charge is 0.0988 e. The van der Waals surface area contributed by atoms with Crippen LogP contribution in [-0.4, -0.2) is 4.43 Å². The fourth-order valence-electron chi connectivity index (χ4n) is 3.48. The van der Waals surface area contributed by atoms with E-state index in [2.05, 4.69) is 68.2 Å². The number of rotatable bonds is 4. The summed E-state index contributed by atoms with van der Waals surface area (Å²) in [4.78, 5) is 0. The van der Waals surface area contributed by atoms with E-state index in [1.54, 1.807) is 11.1 Å². The van der Waals surface area contributed by atoms with Crippen LogP contribution in [0.4, 0.5) is 0 Å². The first-order valence-electron chi connectivity index (χ1n) is 6.83. The lowest BCUT2D eigenvalue weighted by molar-refractivity contribution is 0.525. The zero-order valence-electron chi connectivity index (χ0n) is 11.7. The molecule has 1 heteroatoms. The minimum atomic E-state index is 0.183. The second kappa shape index (κ2) is 5.36. The van der Waals surface area contributed by atoms with E-state index in [1.165, 1.54) is 34.8 Å². The van der Waals surface area contributed by atoms with Crippen molar-refractivity contribution in [1.29, 1.82) is 0 Å². The number of alkyl halides is 1. The average molecular weight is 354 g/mol. The van der Waals surface area contributed by atoms with Crippen molar-refractivity contribution >= 4 is 22.6 Å². The highest BCUT2D eigenvalue weighted by atomic mass is 127. The molecule has 2 aliphatic carbocycles. The molecule has 0 saturated carbocycles. The van der Waals surface area contributed by atoms with Crippen LogP contribution in [0, 0.1) is 11.3 Å². The van der Waals surface area contributed by atoms with Crippen molar-refractivity contribution < 1.29 is 0 Å². The summed E-state index contributed by atoms with van der Waals surface area (Å²) >= 11 is 2.48. The number of allylic oxidation sites excluding steroid dienone is 7. The summed E-state index contributed by atoms with van der Waals surface area (Å²) in [5.41, 5.74) is 6.37. The highest BCUT2D eigenvalue weighted by Gasteiger charge is 2.42. The number of fused-ring (bicyclic) bond motifs is 1. The van der Waals surface area contributed by atoms with E-state index in [-0.39, 0.29) is 5.41 Å². The van der Waals surface area contributed by atoms with Gasteiger partial charge < -0.3 is 0 Å². The summed E-state index contributed by atoms with van der Waals surface area (Å²) < 4.78 is 1.24. The Labute approximate surface area is 125 Å². The first-order chi connectivity index (χ1) is 8.52. The Bertz CT molecular complexity index is 446. The highest BCUT2D eigenvalue weighted by molar-refractivity contribution is 14.1. The van der Waals surface area contributed by atoms with Crippen LogP contribution in [0.15, 0.2) is 47.1 Å². The lowest BCUT2D eigenvalue weighted by Crippen LogP contribution is -2.16. The van der Waals surface area contributed by atoms with Crippen LogP contribution in [-0.2, 0) is 0 Å². The summed E-state index contributed by atoms with van der Waals surface area (Å²) in [5, 5.41) is 0. The molecule has 2 aliphatic rings. The van der Waals surface area contributed by atoms with Crippen molar-refractivity contribution in [3.05, 3.63) is 47.1 Å². The van der Waals surface area contributed by atoms with Gasteiger partial charge in [0.15, 0.2) is 0 Å². The zero-order valence-corrected chi connectivity index (χ0v) is 13.9. The Morgan fingerprint density at radius 2 is 2.22 bits per heavy atom. The van der Waals surface area contributed by atoms with E-state index in [0.29, 0.717) is 5.92 Å². The molecule has 98 valence electrons. The molecular formula is C17H23I. The summed E-state index contributed by atoms with van der Waals surface area (Å²) in [6.45, 7) is 11.0. The van der Waals surface area contributed by atoms with Gasteiger partial charge in [-0.3, -0.25) is 0 Å². The van der Waals surface area contributed by atoms with Gasteiger partial charge in [-0.1, -0.05) is 78.0 Å². The fraction of sp³-hybridized carbons (Fsp3) is 0.529. The third-order valence-electron chi connectivity index (χ3n) is 4.38.